The van der Waals surface area contributed by atoms with Crippen LogP contribution >= 0.6 is 0 Å². The minimum absolute atomic E-state index is 0.114. The van der Waals surface area contributed by atoms with Gasteiger partial charge >= 0.3 is 0 Å². The lowest BCUT2D eigenvalue weighted by molar-refractivity contribution is 0.203. The Labute approximate surface area is 154 Å². The molecule has 0 unspecified atom stereocenters. The van der Waals surface area contributed by atoms with Gasteiger partial charge in [0.15, 0.2) is 5.82 Å². The van der Waals surface area contributed by atoms with E-state index in [1.165, 1.54) is 6.07 Å². The maximum absolute atomic E-state index is 14.1. The normalized spacial score (nSPS) is 11.2. The van der Waals surface area contributed by atoms with Gasteiger partial charge in [-0.2, -0.15) is 9.71 Å². The van der Waals surface area contributed by atoms with E-state index in [2.05, 4.69) is 15.0 Å². The molecule has 0 fully saturated rings. The molecule has 2 heterocycles. The van der Waals surface area contributed by atoms with Gasteiger partial charge in [0.25, 0.3) is 0 Å². The third kappa shape index (κ3) is 2.71. The van der Waals surface area contributed by atoms with Crippen LogP contribution in [0.15, 0.2) is 42.5 Å². The Morgan fingerprint density at radius 3 is 2.59 bits per heavy atom. The fourth-order valence-corrected chi connectivity index (χ4v) is 3.15. The molecular weight excluding hydrogens is 347 g/mol. The summed E-state index contributed by atoms with van der Waals surface area (Å²) in [5.41, 5.74) is 15.0. The van der Waals surface area contributed by atoms with Crippen molar-refractivity contribution in [2.24, 2.45) is 0 Å². The van der Waals surface area contributed by atoms with E-state index in [1.807, 2.05) is 13.0 Å². The van der Waals surface area contributed by atoms with Gasteiger partial charge in [-0.25, -0.2) is 14.4 Å². The first-order valence-corrected chi connectivity index (χ1v) is 8.38. The second kappa shape index (κ2) is 6.24. The molecule has 5 N–H and O–H groups in total. The zero-order valence-corrected chi connectivity index (χ0v) is 14.5. The number of hydrogen-bond donors (Lipinski definition) is 3. The number of nitrogen functional groups attached to an aromatic ring is 2. The standard InChI is InChI=1S/C19H17FN6O/c1-2-13-16(17(21)25-19(22)24-13)10-7-8-14-15(9-10)26(27)18(23-14)11-5-3-4-6-12(11)20/h3-9,27H,2H2,1H3,(H4,21,22,24,25). The molecule has 0 saturated heterocycles. The number of aromatic nitrogens is 4. The smallest absolute Gasteiger partial charge is 0.222 e. The van der Waals surface area contributed by atoms with Crippen molar-refractivity contribution in [1.82, 2.24) is 19.7 Å². The summed E-state index contributed by atoms with van der Waals surface area (Å²) in [6.45, 7) is 1.94. The van der Waals surface area contributed by atoms with Crippen LogP contribution in [-0.2, 0) is 6.42 Å². The van der Waals surface area contributed by atoms with Crippen molar-refractivity contribution >= 4 is 22.8 Å². The second-order valence-electron chi connectivity index (χ2n) is 6.07. The average Bonchev–Trinajstić information content (AvgIpc) is 2.97. The summed E-state index contributed by atoms with van der Waals surface area (Å²) in [5, 5.41) is 10.6. The molecule has 27 heavy (non-hydrogen) atoms. The van der Waals surface area contributed by atoms with Crippen molar-refractivity contribution in [3.05, 3.63) is 54.0 Å². The third-order valence-electron chi connectivity index (χ3n) is 4.40. The Bertz CT molecular complexity index is 1170. The number of halogens is 1. The van der Waals surface area contributed by atoms with Crippen molar-refractivity contribution in [1.29, 1.82) is 0 Å². The first-order valence-electron chi connectivity index (χ1n) is 8.38. The second-order valence-corrected chi connectivity index (χ2v) is 6.07. The summed E-state index contributed by atoms with van der Waals surface area (Å²) in [7, 11) is 0. The lowest BCUT2D eigenvalue weighted by atomic mass is 10.0. The van der Waals surface area contributed by atoms with Gasteiger partial charge in [0.05, 0.1) is 16.8 Å². The summed E-state index contributed by atoms with van der Waals surface area (Å²) in [6.07, 6.45) is 0.614. The average molecular weight is 364 g/mol. The van der Waals surface area contributed by atoms with Crippen molar-refractivity contribution in [3.63, 3.8) is 0 Å². The molecule has 0 spiro atoms. The third-order valence-corrected chi connectivity index (χ3v) is 4.40. The number of nitrogens with two attached hydrogens (primary N) is 2. The van der Waals surface area contributed by atoms with Gasteiger partial charge in [-0.05, 0) is 36.2 Å². The summed E-state index contributed by atoms with van der Waals surface area (Å²) in [5.74, 6) is 0.0329. The summed E-state index contributed by atoms with van der Waals surface area (Å²) < 4.78 is 15.0. The number of imidazole rings is 1. The minimum Gasteiger partial charge on any atom is -0.426 e. The summed E-state index contributed by atoms with van der Waals surface area (Å²) >= 11 is 0. The molecule has 0 bridgehead atoms. The molecule has 8 heteroatoms. The molecule has 7 nitrogen and oxygen atoms in total. The fraction of sp³-hybridized carbons (Fsp3) is 0.105. The number of rotatable bonds is 3. The summed E-state index contributed by atoms with van der Waals surface area (Å²) in [4.78, 5) is 12.6. The zero-order valence-electron chi connectivity index (χ0n) is 14.5. The number of benzene rings is 2. The molecule has 0 atom stereocenters. The predicted molar refractivity (Wildman–Crippen MR) is 102 cm³/mol. The highest BCUT2D eigenvalue weighted by molar-refractivity contribution is 5.88. The number of nitrogens with zero attached hydrogens (tertiary/aromatic N) is 4. The van der Waals surface area contributed by atoms with Crippen LogP contribution in [0.3, 0.4) is 0 Å². The highest BCUT2D eigenvalue weighted by atomic mass is 19.1. The Morgan fingerprint density at radius 2 is 1.85 bits per heavy atom. The highest BCUT2D eigenvalue weighted by Gasteiger charge is 2.18. The quantitative estimate of drug-likeness (QED) is 0.481. The Kier molecular flexibility index (Phi) is 3.88. The topological polar surface area (TPSA) is 116 Å². The zero-order chi connectivity index (χ0) is 19.1. The number of fused-ring (bicyclic) bond motifs is 1. The van der Waals surface area contributed by atoms with Crippen LogP contribution in [0.25, 0.3) is 33.5 Å². The van der Waals surface area contributed by atoms with Crippen molar-refractivity contribution < 1.29 is 9.60 Å². The van der Waals surface area contributed by atoms with Gasteiger partial charge in [-0.1, -0.05) is 25.1 Å². The molecule has 4 rings (SSSR count). The Balaban J connectivity index is 1.92. The van der Waals surface area contributed by atoms with E-state index in [-0.39, 0.29) is 23.2 Å². The van der Waals surface area contributed by atoms with Gasteiger partial charge in [0.1, 0.15) is 17.2 Å². The lowest BCUT2D eigenvalue weighted by Gasteiger charge is -2.11. The van der Waals surface area contributed by atoms with Gasteiger partial charge in [-0.15, -0.1) is 0 Å². The highest BCUT2D eigenvalue weighted by Crippen LogP contribution is 2.32. The maximum atomic E-state index is 14.1. The van der Waals surface area contributed by atoms with Crippen LogP contribution in [0.1, 0.15) is 12.6 Å². The molecule has 4 aromatic rings. The van der Waals surface area contributed by atoms with Gasteiger partial charge in [0, 0.05) is 5.56 Å². The monoisotopic (exact) mass is 364 g/mol. The molecule has 136 valence electrons. The molecule has 0 radical (unpaired) electrons. The van der Waals surface area contributed by atoms with E-state index in [0.29, 0.717) is 34.3 Å². The Hall–Kier alpha value is -3.68. The molecule has 0 amide bonds. The molecule has 0 aliphatic carbocycles. The van der Waals surface area contributed by atoms with E-state index in [9.17, 15) is 9.60 Å². The summed E-state index contributed by atoms with van der Waals surface area (Å²) in [6, 6.07) is 11.4. The van der Waals surface area contributed by atoms with Crippen LogP contribution < -0.4 is 11.5 Å². The van der Waals surface area contributed by atoms with Gasteiger partial charge < -0.3 is 16.7 Å². The minimum atomic E-state index is -0.465. The van der Waals surface area contributed by atoms with Crippen molar-refractivity contribution in [2.75, 3.05) is 11.5 Å². The molecule has 0 saturated carbocycles. The molecule has 2 aromatic heterocycles. The van der Waals surface area contributed by atoms with Crippen LogP contribution in [-0.4, -0.2) is 24.9 Å². The molecular formula is C19H17FN6O. The number of aryl methyl sites for hydroxylation is 1. The van der Waals surface area contributed by atoms with Crippen LogP contribution in [0.4, 0.5) is 16.2 Å². The fourth-order valence-electron chi connectivity index (χ4n) is 3.15. The predicted octanol–water partition coefficient (Wildman–Crippen LogP) is 3.26. The number of hydrogen-bond acceptors (Lipinski definition) is 6. The van der Waals surface area contributed by atoms with Gasteiger partial charge in [-0.3, -0.25) is 0 Å². The lowest BCUT2D eigenvalue weighted by Crippen LogP contribution is -2.06. The number of anilines is 2. The Morgan fingerprint density at radius 1 is 1.07 bits per heavy atom. The van der Waals surface area contributed by atoms with E-state index in [4.69, 9.17) is 11.5 Å². The SMILES string of the molecule is CCc1nc(N)nc(N)c1-c1ccc2nc(-c3ccccc3F)n(O)c2c1. The van der Waals surface area contributed by atoms with E-state index >= 15 is 0 Å². The molecule has 2 aromatic carbocycles. The van der Waals surface area contributed by atoms with Crippen LogP contribution in [0.5, 0.6) is 0 Å². The van der Waals surface area contributed by atoms with E-state index in [0.717, 1.165) is 4.73 Å². The van der Waals surface area contributed by atoms with Gasteiger partial charge in [0.2, 0.25) is 5.95 Å². The molecule has 0 aliphatic rings. The van der Waals surface area contributed by atoms with Crippen molar-refractivity contribution in [2.45, 2.75) is 13.3 Å². The van der Waals surface area contributed by atoms with E-state index < -0.39 is 5.82 Å². The van der Waals surface area contributed by atoms with Crippen LogP contribution in [0, 0.1) is 5.82 Å². The first kappa shape index (κ1) is 16.8. The first-order chi connectivity index (χ1) is 13.0. The molecule has 0 aliphatic heterocycles. The largest absolute Gasteiger partial charge is 0.426 e. The van der Waals surface area contributed by atoms with E-state index in [1.54, 1.807) is 30.3 Å². The maximum Gasteiger partial charge on any atom is 0.222 e. The van der Waals surface area contributed by atoms with Crippen LogP contribution in [0.2, 0.25) is 0 Å². The van der Waals surface area contributed by atoms with Crippen molar-refractivity contribution in [3.8, 4) is 22.5 Å².